The third kappa shape index (κ3) is 2.74. The first-order chi connectivity index (χ1) is 6.27. The Balaban J connectivity index is 0.000000251. The minimum Gasteiger partial charge on any atom is -0.508 e. The zero-order chi connectivity index (χ0) is 9.68. The zero-order valence-electron chi connectivity index (χ0n) is 8.30. The lowest BCUT2D eigenvalue weighted by molar-refractivity contribution is 0.474. The molecule has 0 bridgehead atoms. The molecule has 0 aliphatic heterocycles. The summed E-state index contributed by atoms with van der Waals surface area (Å²) >= 11 is 0. The lowest BCUT2D eigenvalue weighted by Crippen LogP contribution is -1.89. The molecule has 0 saturated heterocycles. The van der Waals surface area contributed by atoms with Gasteiger partial charge >= 0.3 is 0 Å². The van der Waals surface area contributed by atoms with Crippen LogP contribution in [0.2, 0.25) is 0 Å². The number of fused-ring (bicyclic) bond motifs is 1. The van der Waals surface area contributed by atoms with Crippen molar-refractivity contribution in [2.45, 2.75) is 19.3 Å². The number of phenolic OH excluding ortho intramolecular Hbond substituents is 1. The van der Waals surface area contributed by atoms with Gasteiger partial charge in [0.2, 0.25) is 0 Å². The number of phenols is 1. The van der Waals surface area contributed by atoms with Crippen LogP contribution in [0, 0.1) is 0 Å². The van der Waals surface area contributed by atoms with Crippen LogP contribution in [-0.2, 0) is 12.8 Å². The molecular weight excluding hydrogens is 162 g/mol. The molecule has 13 heavy (non-hydrogen) atoms. The minimum absolute atomic E-state index is 0.403. The van der Waals surface area contributed by atoms with Gasteiger partial charge in [0, 0.05) is 0 Å². The van der Waals surface area contributed by atoms with Crippen molar-refractivity contribution < 1.29 is 5.11 Å². The van der Waals surface area contributed by atoms with Crippen molar-refractivity contribution >= 4 is 0 Å². The van der Waals surface area contributed by atoms with Gasteiger partial charge in [-0.2, -0.15) is 0 Å². The minimum atomic E-state index is 0.403. The summed E-state index contributed by atoms with van der Waals surface area (Å²) < 4.78 is 0. The molecule has 0 heterocycles. The maximum Gasteiger partial charge on any atom is 0.115 e. The van der Waals surface area contributed by atoms with Gasteiger partial charge in [0.05, 0.1) is 0 Å². The van der Waals surface area contributed by atoms with Crippen molar-refractivity contribution in [3.05, 3.63) is 29.3 Å². The maximum absolute atomic E-state index is 9.10. The SMILES string of the molecule is CNC.Oc1ccc2c(c1)CCC2. The van der Waals surface area contributed by atoms with Gasteiger partial charge in [-0.3, -0.25) is 0 Å². The lowest BCUT2D eigenvalue weighted by Gasteiger charge is -1.97. The van der Waals surface area contributed by atoms with E-state index < -0.39 is 0 Å². The van der Waals surface area contributed by atoms with Gasteiger partial charge in [-0.15, -0.1) is 0 Å². The third-order valence-electron chi connectivity index (χ3n) is 2.08. The van der Waals surface area contributed by atoms with E-state index in [9.17, 15) is 0 Å². The van der Waals surface area contributed by atoms with Crippen molar-refractivity contribution in [2.75, 3.05) is 14.1 Å². The van der Waals surface area contributed by atoms with Crippen LogP contribution in [-0.4, -0.2) is 19.2 Å². The fraction of sp³-hybridized carbons (Fsp3) is 0.455. The molecule has 2 heteroatoms. The molecule has 2 nitrogen and oxygen atoms in total. The second-order valence-corrected chi connectivity index (χ2v) is 3.31. The number of aromatic hydroxyl groups is 1. The van der Waals surface area contributed by atoms with Crippen LogP contribution in [0.5, 0.6) is 5.75 Å². The van der Waals surface area contributed by atoms with Gasteiger partial charge < -0.3 is 10.4 Å². The Morgan fingerprint density at radius 3 is 2.46 bits per heavy atom. The second-order valence-electron chi connectivity index (χ2n) is 3.31. The first-order valence-corrected chi connectivity index (χ1v) is 4.67. The highest BCUT2D eigenvalue weighted by atomic mass is 16.3. The van der Waals surface area contributed by atoms with E-state index in [-0.39, 0.29) is 0 Å². The monoisotopic (exact) mass is 179 g/mol. The quantitative estimate of drug-likeness (QED) is 0.635. The average molecular weight is 179 g/mol. The Hall–Kier alpha value is -1.02. The summed E-state index contributed by atoms with van der Waals surface area (Å²) in [6.07, 6.45) is 3.58. The average Bonchev–Trinajstić information content (AvgIpc) is 2.52. The van der Waals surface area contributed by atoms with Crippen LogP contribution < -0.4 is 5.32 Å². The highest BCUT2D eigenvalue weighted by molar-refractivity contribution is 5.37. The summed E-state index contributed by atoms with van der Waals surface area (Å²) in [5, 5.41) is 11.8. The van der Waals surface area contributed by atoms with Crippen LogP contribution in [0.15, 0.2) is 18.2 Å². The first-order valence-electron chi connectivity index (χ1n) is 4.67. The van der Waals surface area contributed by atoms with Crippen molar-refractivity contribution in [3.63, 3.8) is 0 Å². The van der Waals surface area contributed by atoms with Gasteiger partial charge in [0.1, 0.15) is 5.75 Å². The Morgan fingerprint density at radius 2 is 1.77 bits per heavy atom. The summed E-state index contributed by atoms with van der Waals surface area (Å²) in [5.74, 6) is 0.403. The van der Waals surface area contributed by atoms with Crippen LogP contribution >= 0.6 is 0 Å². The highest BCUT2D eigenvalue weighted by Crippen LogP contribution is 2.24. The van der Waals surface area contributed by atoms with Gasteiger partial charge in [-0.05, 0) is 56.6 Å². The lowest BCUT2D eigenvalue weighted by atomic mass is 10.1. The molecule has 1 aliphatic rings. The second kappa shape index (κ2) is 4.87. The Morgan fingerprint density at radius 1 is 1.15 bits per heavy atom. The predicted octanol–water partition coefficient (Wildman–Crippen LogP) is 1.72. The number of benzene rings is 1. The van der Waals surface area contributed by atoms with E-state index in [2.05, 4.69) is 5.32 Å². The predicted molar refractivity (Wildman–Crippen MR) is 55.1 cm³/mol. The van der Waals surface area contributed by atoms with Gasteiger partial charge in [0.25, 0.3) is 0 Å². The summed E-state index contributed by atoms with van der Waals surface area (Å²) in [5.41, 5.74) is 2.75. The summed E-state index contributed by atoms with van der Waals surface area (Å²) in [6.45, 7) is 0. The molecular formula is C11H17NO. The largest absolute Gasteiger partial charge is 0.508 e. The molecule has 0 radical (unpaired) electrons. The van der Waals surface area contributed by atoms with Crippen LogP contribution in [0.1, 0.15) is 17.5 Å². The molecule has 72 valence electrons. The number of hydrogen-bond donors (Lipinski definition) is 2. The maximum atomic E-state index is 9.10. The molecule has 1 aromatic carbocycles. The molecule has 2 rings (SSSR count). The summed E-state index contributed by atoms with van der Waals surface area (Å²) in [6, 6.07) is 5.67. The molecule has 0 atom stereocenters. The first kappa shape index (κ1) is 10.1. The van der Waals surface area contributed by atoms with E-state index in [4.69, 9.17) is 5.11 Å². The van der Waals surface area contributed by atoms with E-state index in [1.165, 1.54) is 24.0 Å². The van der Waals surface area contributed by atoms with E-state index in [0.29, 0.717) is 5.75 Å². The van der Waals surface area contributed by atoms with Gasteiger partial charge in [-0.1, -0.05) is 6.07 Å². The van der Waals surface area contributed by atoms with Crippen LogP contribution in [0.4, 0.5) is 0 Å². The Bertz CT molecular complexity index is 271. The topological polar surface area (TPSA) is 32.3 Å². The molecule has 0 amide bonds. The van der Waals surface area contributed by atoms with Crippen molar-refractivity contribution in [1.29, 1.82) is 0 Å². The summed E-state index contributed by atoms with van der Waals surface area (Å²) in [7, 11) is 3.75. The number of hydrogen-bond acceptors (Lipinski definition) is 2. The molecule has 0 fully saturated rings. The third-order valence-corrected chi connectivity index (χ3v) is 2.08. The molecule has 0 aromatic heterocycles. The fourth-order valence-corrected chi connectivity index (χ4v) is 1.56. The molecule has 1 aromatic rings. The van der Waals surface area contributed by atoms with E-state index in [0.717, 1.165) is 6.42 Å². The van der Waals surface area contributed by atoms with E-state index in [1.54, 1.807) is 6.07 Å². The Labute approximate surface area is 79.6 Å². The van der Waals surface area contributed by atoms with Gasteiger partial charge in [0.15, 0.2) is 0 Å². The summed E-state index contributed by atoms with van der Waals surface area (Å²) in [4.78, 5) is 0. The normalized spacial score (nSPS) is 13.1. The zero-order valence-corrected chi connectivity index (χ0v) is 8.30. The standard InChI is InChI=1S/C9H10O.C2H7N/c10-9-5-4-7-2-1-3-8(7)6-9;1-3-2/h4-6,10H,1-3H2;3H,1-2H3. The highest BCUT2D eigenvalue weighted by Gasteiger charge is 2.09. The molecule has 0 unspecified atom stereocenters. The van der Waals surface area contributed by atoms with Crippen molar-refractivity contribution in [2.24, 2.45) is 0 Å². The van der Waals surface area contributed by atoms with Crippen molar-refractivity contribution in [3.8, 4) is 5.75 Å². The fourth-order valence-electron chi connectivity index (χ4n) is 1.56. The number of aryl methyl sites for hydroxylation is 2. The molecule has 1 aliphatic carbocycles. The number of rotatable bonds is 0. The molecule has 0 spiro atoms. The van der Waals surface area contributed by atoms with E-state index in [1.807, 2.05) is 26.2 Å². The van der Waals surface area contributed by atoms with Gasteiger partial charge in [-0.25, -0.2) is 0 Å². The smallest absolute Gasteiger partial charge is 0.115 e. The van der Waals surface area contributed by atoms with Crippen molar-refractivity contribution in [1.82, 2.24) is 5.32 Å². The molecule has 2 N–H and O–H groups in total. The molecule has 0 saturated carbocycles. The Kier molecular flexibility index (Phi) is 3.77. The van der Waals surface area contributed by atoms with Crippen LogP contribution in [0.3, 0.4) is 0 Å². The van der Waals surface area contributed by atoms with E-state index >= 15 is 0 Å². The number of nitrogens with one attached hydrogen (secondary N) is 1. The van der Waals surface area contributed by atoms with Crippen LogP contribution in [0.25, 0.3) is 0 Å².